The topological polar surface area (TPSA) is 94.3 Å². The minimum absolute atomic E-state index is 0.0106. The Bertz CT molecular complexity index is 750. The molecule has 0 unspecified atom stereocenters. The molecule has 0 aliphatic rings. The number of nitrogens with two attached hydrogens (primary N) is 1. The number of ether oxygens (including phenoxy) is 1. The summed E-state index contributed by atoms with van der Waals surface area (Å²) in [5.41, 5.74) is 5.65. The number of hydrogen-bond acceptors (Lipinski definition) is 5. The molecular formula is C13H14FN3O3S. The summed E-state index contributed by atoms with van der Waals surface area (Å²) in [4.78, 5) is 3.72. The molecule has 1 heterocycles. The first kappa shape index (κ1) is 15.0. The lowest BCUT2D eigenvalue weighted by molar-refractivity contribution is 0.321. The van der Waals surface area contributed by atoms with Crippen molar-refractivity contribution >= 4 is 21.4 Å². The van der Waals surface area contributed by atoms with E-state index < -0.39 is 15.8 Å². The fourth-order valence-corrected chi connectivity index (χ4v) is 2.78. The van der Waals surface area contributed by atoms with Crippen LogP contribution in [0.2, 0.25) is 0 Å². The molecule has 0 spiro atoms. The Balaban J connectivity index is 2.29. The van der Waals surface area contributed by atoms with Crippen molar-refractivity contribution in [1.29, 1.82) is 0 Å². The Labute approximate surface area is 121 Å². The Morgan fingerprint density at radius 1 is 1.38 bits per heavy atom. The molecule has 0 aliphatic carbocycles. The molecule has 0 radical (unpaired) electrons. The second kappa shape index (κ2) is 5.96. The van der Waals surface area contributed by atoms with Crippen molar-refractivity contribution in [3.05, 3.63) is 42.3 Å². The van der Waals surface area contributed by atoms with E-state index in [9.17, 15) is 12.8 Å². The monoisotopic (exact) mass is 311 g/mol. The zero-order valence-corrected chi connectivity index (χ0v) is 12.0. The third-order valence-corrected chi connectivity index (χ3v) is 3.89. The molecule has 0 saturated heterocycles. The third kappa shape index (κ3) is 3.40. The lowest BCUT2D eigenvalue weighted by atomic mass is 10.3. The molecule has 0 bridgehead atoms. The standard InChI is InChI=1S/C13H14FN3O3S/c1-2-20-12-6-5-9(8-10(12)14)17-21(18,19)13-11(15)4-3-7-16-13/h3-8,17H,2,15H2,1H3. The smallest absolute Gasteiger partial charge is 0.281 e. The molecule has 6 nitrogen and oxygen atoms in total. The lowest BCUT2D eigenvalue weighted by Gasteiger charge is -2.10. The van der Waals surface area contributed by atoms with Gasteiger partial charge in [-0.15, -0.1) is 0 Å². The molecule has 112 valence electrons. The van der Waals surface area contributed by atoms with E-state index in [1.165, 1.54) is 30.5 Å². The maximum atomic E-state index is 13.7. The number of anilines is 2. The summed E-state index contributed by atoms with van der Waals surface area (Å²) in [5, 5.41) is -0.306. The summed E-state index contributed by atoms with van der Waals surface area (Å²) in [6.45, 7) is 2.03. The SMILES string of the molecule is CCOc1ccc(NS(=O)(=O)c2ncccc2N)cc1F. The highest BCUT2D eigenvalue weighted by Gasteiger charge is 2.19. The zero-order valence-electron chi connectivity index (χ0n) is 11.2. The van der Waals surface area contributed by atoms with Gasteiger partial charge in [0, 0.05) is 12.3 Å². The number of sulfonamides is 1. The Kier molecular flexibility index (Phi) is 4.27. The fourth-order valence-electron chi connectivity index (χ4n) is 1.67. The van der Waals surface area contributed by atoms with Crippen molar-refractivity contribution in [3.63, 3.8) is 0 Å². The van der Waals surface area contributed by atoms with E-state index in [1.54, 1.807) is 6.92 Å². The summed E-state index contributed by atoms with van der Waals surface area (Å²) < 4.78 is 45.2. The number of aromatic nitrogens is 1. The molecule has 0 atom stereocenters. The number of pyridine rings is 1. The van der Waals surface area contributed by atoms with Crippen molar-refractivity contribution in [3.8, 4) is 5.75 Å². The largest absolute Gasteiger partial charge is 0.491 e. The van der Waals surface area contributed by atoms with E-state index in [1.807, 2.05) is 0 Å². The van der Waals surface area contributed by atoms with E-state index in [4.69, 9.17) is 10.5 Å². The van der Waals surface area contributed by atoms with Gasteiger partial charge in [0.1, 0.15) is 0 Å². The average molecular weight is 311 g/mol. The van der Waals surface area contributed by atoms with Gasteiger partial charge in [0.25, 0.3) is 10.0 Å². The quantitative estimate of drug-likeness (QED) is 0.880. The van der Waals surface area contributed by atoms with Crippen molar-refractivity contribution in [2.24, 2.45) is 0 Å². The van der Waals surface area contributed by atoms with Gasteiger partial charge in [-0.1, -0.05) is 0 Å². The molecule has 0 aliphatic heterocycles. The first-order valence-corrected chi connectivity index (χ1v) is 7.58. The van der Waals surface area contributed by atoms with Gasteiger partial charge in [0.15, 0.2) is 16.6 Å². The van der Waals surface area contributed by atoms with Crippen LogP contribution in [0, 0.1) is 5.82 Å². The Morgan fingerprint density at radius 2 is 2.14 bits per heavy atom. The maximum Gasteiger partial charge on any atom is 0.281 e. The fraction of sp³-hybridized carbons (Fsp3) is 0.154. The molecule has 21 heavy (non-hydrogen) atoms. The van der Waals surface area contributed by atoms with E-state index in [-0.39, 0.29) is 22.2 Å². The van der Waals surface area contributed by atoms with Crippen molar-refractivity contribution in [2.75, 3.05) is 17.1 Å². The second-order valence-electron chi connectivity index (χ2n) is 4.08. The summed E-state index contributed by atoms with van der Waals surface area (Å²) in [6.07, 6.45) is 1.31. The molecule has 2 rings (SSSR count). The van der Waals surface area contributed by atoms with Gasteiger partial charge < -0.3 is 10.5 Å². The van der Waals surface area contributed by atoms with Crippen LogP contribution in [0.25, 0.3) is 0 Å². The van der Waals surface area contributed by atoms with Gasteiger partial charge in [-0.2, -0.15) is 8.42 Å². The van der Waals surface area contributed by atoms with E-state index in [0.717, 1.165) is 6.07 Å². The van der Waals surface area contributed by atoms with Crippen molar-refractivity contribution < 1.29 is 17.5 Å². The number of nitrogens with zero attached hydrogens (tertiary/aromatic N) is 1. The predicted octanol–water partition coefficient (Wildman–Crippen LogP) is 2.00. The van der Waals surface area contributed by atoms with Crippen LogP contribution in [0.4, 0.5) is 15.8 Å². The number of nitrogens with one attached hydrogen (secondary N) is 1. The first-order chi connectivity index (χ1) is 9.94. The number of hydrogen-bond donors (Lipinski definition) is 2. The highest BCUT2D eigenvalue weighted by molar-refractivity contribution is 7.92. The van der Waals surface area contributed by atoms with Crippen LogP contribution >= 0.6 is 0 Å². The van der Waals surface area contributed by atoms with E-state index in [2.05, 4.69) is 9.71 Å². The summed E-state index contributed by atoms with van der Waals surface area (Å²) in [5.74, 6) is -0.608. The van der Waals surface area contributed by atoms with Crippen LogP contribution in [0.1, 0.15) is 6.92 Å². The minimum Gasteiger partial charge on any atom is -0.491 e. The third-order valence-electron chi connectivity index (χ3n) is 2.54. The van der Waals surface area contributed by atoms with Crippen LogP contribution in [0.3, 0.4) is 0 Å². The van der Waals surface area contributed by atoms with Crippen LogP contribution < -0.4 is 15.2 Å². The molecule has 0 amide bonds. The Hall–Kier alpha value is -2.35. The van der Waals surface area contributed by atoms with Gasteiger partial charge in [-0.25, -0.2) is 9.37 Å². The van der Waals surface area contributed by atoms with Gasteiger partial charge >= 0.3 is 0 Å². The second-order valence-corrected chi connectivity index (χ2v) is 5.68. The number of halogens is 1. The molecule has 8 heteroatoms. The predicted molar refractivity (Wildman–Crippen MR) is 77.0 cm³/mol. The van der Waals surface area contributed by atoms with Crippen LogP contribution in [-0.4, -0.2) is 20.0 Å². The summed E-state index contributed by atoms with van der Waals surface area (Å²) >= 11 is 0. The van der Waals surface area contributed by atoms with Crippen molar-refractivity contribution in [2.45, 2.75) is 11.9 Å². The Morgan fingerprint density at radius 3 is 2.76 bits per heavy atom. The molecular weight excluding hydrogens is 297 g/mol. The zero-order chi connectivity index (χ0) is 15.5. The summed E-state index contributed by atoms with van der Waals surface area (Å²) in [6, 6.07) is 6.70. The highest BCUT2D eigenvalue weighted by atomic mass is 32.2. The van der Waals surface area contributed by atoms with Crippen LogP contribution in [0.15, 0.2) is 41.6 Å². The van der Waals surface area contributed by atoms with Gasteiger partial charge in [-0.05, 0) is 31.2 Å². The number of nitrogen functional groups attached to an aromatic ring is 1. The first-order valence-electron chi connectivity index (χ1n) is 6.09. The molecule has 1 aromatic heterocycles. The molecule has 0 saturated carbocycles. The minimum atomic E-state index is -3.98. The van der Waals surface area contributed by atoms with Gasteiger partial charge in [0.2, 0.25) is 0 Å². The highest BCUT2D eigenvalue weighted by Crippen LogP contribution is 2.24. The molecule has 3 N–H and O–H groups in total. The van der Waals surface area contributed by atoms with E-state index in [0.29, 0.717) is 6.61 Å². The van der Waals surface area contributed by atoms with Gasteiger partial charge in [-0.3, -0.25) is 4.72 Å². The number of rotatable bonds is 5. The van der Waals surface area contributed by atoms with Crippen molar-refractivity contribution in [1.82, 2.24) is 4.98 Å². The maximum absolute atomic E-state index is 13.7. The van der Waals surface area contributed by atoms with Crippen LogP contribution in [0.5, 0.6) is 5.75 Å². The molecule has 0 fully saturated rings. The molecule has 1 aromatic carbocycles. The van der Waals surface area contributed by atoms with Gasteiger partial charge in [0.05, 0.1) is 18.0 Å². The average Bonchev–Trinajstić information content (AvgIpc) is 2.42. The normalized spacial score (nSPS) is 11.1. The lowest BCUT2D eigenvalue weighted by Crippen LogP contribution is -2.16. The number of benzene rings is 1. The van der Waals surface area contributed by atoms with Crippen LogP contribution in [-0.2, 0) is 10.0 Å². The van der Waals surface area contributed by atoms with E-state index >= 15 is 0 Å². The summed E-state index contributed by atoms with van der Waals surface area (Å²) in [7, 11) is -3.98. The molecule has 2 aromatic rings.